The molecule has 0 aliphatic carbocycles. The zero-order valence-electron chi connectivity index (χ0n) is 10.6. The van der Waals surface area contributed by atoms with Gasteiger partial charge in [0.25, 0.3) is 0 Å². The number of halogens is 1. The normalized spacial score (nSPS) is 19.2. The van der Waals surface area contributed by atoms with Gasteiger partial charge in [0, 0.05) is 26.2 Å². The largest absolute Gasteiger partial charge is 0.382 e. The van der Waals surface area contributed by atoms with E-state index in [1.807, 2.05) is 11.9 Å². The zero-order chi connectivity index (χ0) is 11.8. The first kappa shape index (κ1) is 16.6. The van der Waals surface area contributed by atoms with Crippen LogP contribution >= 0.6 is 12.4 Å². The summed E-state index contributed by atoms with van der Waals surface area (Å²) in [4.78, 5) is 13.7. The van der Waals surface area contributed by atoms with Crippen molar-refractivity contribution in [3.8, 4) is 0 Å². The van der Waals surface area contributed by atoms with Gasteiger partial charge in [0.05, 0.1) is 13.2 Å². The third-order valence-electron chi connectivity index (χ3n) is 2.79. The van der Waals surface area contributed by atoms with Crippen LogP contribution in [0.4, 0.5) is 0 Å². The van der Waals surface area contributed by atoms with Crippen molar-refractivity contribution in [2.24, 2.45) is 0 Å². The predicted molar refractivity (Wildman–Crippen MR) is 68.6 cm³/mol. The Labute approximate surface area is 109 Å². The van der Waals surface area contributed by atoms with Crippen LogP contribution in [0.5, 0.6) is 0 Å². The molecule has 6 heteroatoms. The molecular weight excluding hydrogens is 244 g/mol. The maximum Gasteiger partial charge on any atom is 0.248 e. The van der Waals surface area contributed by atoms with Gasteiger partial charge in [-0.1, -0.05) is 0 Å². The van der Waals surface area contributed by atoms with Crippen molar-refractivity contribution in [2.75, 3.05) is 47.1 Å². The van der Waals surface area contributed by atoms with Gasteiger partial charge in [0.1, 0.15) is 6.61 Å². The Kier molecular flexibility index (Phi) is 9.44. The van der Waals surface area contributed by atoms with Crippen LogP contribution in [0.25, 0.3) is 0 Å². The molecule has 5 nitrogen and oxygen atoms in total. The fourth-order valence-electron chi connectivity index (χ4n) is 2.00. The summed E-state index contributed by atoms with van der Waals surface area (Å²) in [5, 5.41) is 3.12. The van der Waals surface area contributed by atoms with E-state index in [1.54, 1.807) is 7.11 Å². The fraction of sp³-hybridized carbons (Fsp3) is 0.909. The Morgan fingerprint density at radius 2 is 2.24 bits per heavy atom. The molecule has 0 radical (unpaired) electrons. The molecule has 1 N–H and O–H groups in total. The minimum Gasteiger partial charge on any atom is -0.382 e. The summed E-state index contributed by atoms with van der Waals surface area (Å²) in [6.07, 6.45) is 2.18. The summed E-state index contributed by atoms with van der Waals surface area (Å²) in [5.41, 5.74) is 0. The molecule has 1 saturated heterocycles. The highest BCUT2D eigenvalue weighted by Gasteiger charge is 2.27. The highest BCUT2D eigenvalue weighted by atomic mass is 35.5. The first-order valence-electron chi connectivity index (χ1n) is 5.80. The quantitative estimate of drug-likeness (QED) is 0.673. The van der Waals surface area contributed by atoms with E-state index in [-0.39, 0.29) is 24.9 Å². The number of rotatable bonds is 7. The van der Waals surface area contributed by atoms with E-state index in [1.165, 1.54) is 0 Å². The van der Waals surface area contributed by atoms with E-state index in [9.17, 15) is 4.79 Å². The van der Waals surface area contributed by atoms with Crippen LogP contribution in [0.2, 0.25) is 0 Å². The number of hydrogen-bond acceptors (Lipinski definition) is 4. The summed E-state index contributed by atoms with van der Waals surface area (Å²) < 4.78 is 10.1. The average Bonchev–Trinajstić information content (AvgIpc) is 2.73. The van der Waals surface area contributed by atoms with Crippen LogP contribution < -0.4 is 5.32 Å². The van der Waals surface area contributed by atoms with Crippen molar-refractivity contribution >= 4 is 18.3 Å². The zero-order valence-corrected chi connectivity index (χ0v) is 11.4. The molecular formula is C11H23ClN2O3. The smallest absolute Gasteiger partial charge is 0.248 e. The second-order valence-corrected chi connectivity index (χ2v) is 3.99. The molecule has 1 aliphatic heterocycles. The molecule has 1 heterocycles. The fourth-order valence-corrected chi connectivity index (χ4v) is 2.00. The number of likely N-dealkylation sites (N-methyl/N-ethyl adjacent to an activating group) is 1. The molecule has 1 atom stereocenters. The molecule has 0 spiro atoms. The van der Waals surface area contributed by atoms with Crippen LogP contribution in [0, 0.1) is 0 Å². The van der Waals surface area contributed by atoms with Gasteiger partial charge in [0.15, 0.2) is 0 Å². The lowest BCUT2D eigenvalue weighted by Crippen LogP contribution is -2.42. The second kappa shape index (κ2) is 9.65. The van der Waals surface area contributed by atoms with Gasteiger partial charge < -0.3 is 19.7 Å². The Bertz CT molecular complexity index is 217. The number of nitrogens with one attached hydrogen (secondary N) is 1. The number of carbonyl (C=O) groups is 1. The number of methoxy groups -OCH3 is 1. The minimum absolute atomic E-state index is 0. The van der Waals surface area contributed by atoms with E-state index >= 15 is 0 Å². The molecule has 1 fully saturated rings. The first-order chi connectivity index (χ1) is 7.79. The van der Waals surface area contributed by atoms with Crippen LogP contribution in [0.1, 0.15) is 12.8 Å². The predicted octanol–water partition coefficient (Wildman–Crippen LogP) is 0.282. The summed E-state index contributed by atoms with van der Waals surface area (Å²) in [6, 6.07) is 0.337. The highest BCUT2D eigenvalue weighted by Crippen LogP contribution is 2.16. The van der Waals surface area contributed by atoms with E-state index in [0.29, 0.717) is 19.3 Å². The number of nitrogens with zero attached hydrogens (tertiary/aromatic N) is 1. The van der Waals surface area contributed by atoms with Crippen molar-refractivity contribution < 1.29 is 14.3 Å². The van der Waals surface area contributed by atoms with Gasteiger partial charge in [-0.05, 0) is 19.9 Å². The van der Waals surface area contributed by atoms with Crippen molar-refractivity contribution in [1.82, 2.24) is 10.2 Å². The minimum atomic E-state index is 0. The van der Waals surface area contributed by atoms with Crippen molar-refractivity contribution in [3.05, 3.63) is 0 Å². The van der Waals surface area contributed by atoms with Crippen molar-refractivity contribution in [2.45, 2.75) is 18.9 Å². The van der Waals surface area contributed by atoms with E-state index in [2.05, 4.69) is 5.32 Å². The summed E-state index contributed by atoms with van der Waals surface area (Å²) in [5.74, 6) is 0.0915. The second-order valence-electron chi connectivity index (χ2n) is 3.99. The Morgan fingerprint density at radius 3 is 2.88 bits per heavy atom. The van der Waals surface area contributed by atoms with Crippen molar-refractivity contribution in [3.63, 3.8) is 0 Å². The Morgan fingerprint density at radius 1 is 1.47 bits per heavy atom. The molecule has 1 rings (SSSR count). The number of hydrogen-bond donors (Lipinski definition) is 1. The third kappa shape index (κ3) is 5.68. The van der Waals surface area contributed by atoms with Crippen LogP contribution in [-0.4, -0.2) is 63.9 Å². The molecule has 1 aliphatic rings. The van der Waals surface area contributed by atoms with Gasteiger partial charge in [-0.2, -0.15) is 0 Å². The van der Waals surface area contributed by atoms with Gasteiger partial charge in [0.2, 0.25) is 5.91 Å². The molecule has 0 aromatic rings. The molecule has 0 aromatic carbocycles. The highest BCUT2D eigenvalue weighted by molar-refractivity contribution is 5.85. The molecule has 17 heavy (non-hydrogen) atoms. The van der Waals surface area contributed by atoms with Gasteiger partial charge >= 0.3 is 0 Å². The molecule has 1 amide bonds. The summed E-state index contributed by atoms with van der Waals surface area (Å²) >= 11 is 0. The number of carbonyl (C=O) groups excluding carboxylic acids is 1. The Hall–Kier alpha value is -0.360. The topological polar surface area (TPSA) is 50.8 Å². The van der Waals surface area contributed by atoms with Crippen LogP contribution in [-0.2, 0) is 14.3 Å². The van der Waals surface area contributed by atoms with E-state index < -0.39 is 0 Å². The molecule has 1 unspecified atom stereocenters. The number of likely N-dealkylation sites (tertiary alicyclic amines) is 1. The van der Waals surface area contributed by atoms with Crippen LogP contribution in [0.3, 0.4) is 0 Å². The Balaban J connectivity index is 0.00000256. The van der Waals surface area contributed by atoms with Crippen molar-refractivity contribution in [1.29, 1.82) is 0 Å². The van der Waals surface area contributed by atoms with Crippen LogP contribution in [0.15, 0.2) is 0 Å². The summed E-state index contributed by atoms with van der Waals surface area (Å²) in [6.45, 7) is 2.91. The standard InChI is InChI=1S/C11H22N2O3.ClH/c1-12-8-10-4-3-5-13(10)11(14)9-16-7-6-15-2;/h10,12H,3-9H2,1-2H3;1H. The maximum atomic E-state index is 11.8. The number of ether oxygens (including phenoxy) is 2. The first-order valence-corrected chi connectivity index (χ1v) is 5.80. The lowest BCUT2D eigenvalue weighted by Gasteiger charge is -2.24. The van der Waals surface area contributed by atoms with Gasteiger partial charge in [-0.3, -0.25) is 4.79 Å². The molecule has 0 saturated carbocycles. The van der Waals surface area contributed by atoms with E-state index in [4.69, 9.17) is 9.47 Å². The number of amides is 1. The average molecular weight is 267 g/mol. The summed E-state index contributed by atoms with van der Waals surface area (Å²) in [7, 11) is 3.53. The van der Waals surface area contributed by atoms with Gasteiger partial charge in [-0.15, -0.1) is 12.4 Å². The van der Waals surface area contributed by atoms with E-state index in [0.717, 1.165) is 25.9 Å². The van der Waals surface area contributed by atoms with Gasteiger partial charge in [-0.25, -0.2) is 0 Å². The molecule has 0 aromatic heterocycles. The third-order valence-corrected chi connectivity index (χ3v) is 2.79. The molecule has 102 valence electrons. The lowest BCUT2D eigenvalue weighted by molar-refractivity contribution is -0.137. The maximum absolute atomic E-state index is 11.8. The molecule has 0 bridgehead atoms. The SMILES string of the molecule is CNCC1CCCN1C(=O)COCCOC.Cl. The lowest BCUT2D eigenvalue weighted by atomic mass is 10.2. The monoisotopic (exact) mass is 266 g/mol.